The number of nitrogens with two attached hydrogens (primary N) is 1. The minimum Gasteiger partial charge on any atom is -0.391 e. The van der Waals surface area contributed by atoms with Gasteiger partial charge in [-0.05, 0) is 42.5 Å². The fourth-order valence-electron chi connectivity index (χ4n) is 1.87. The van der Waals surface area contributed by atoms with Crippen molar-refractivity contribution in [1.29, 1.82) is 0 Å². The second-order valence-electron chi connectivity index (χ2n) is 5.34. The molecule has 0 heterocycles. The van der Waals surface area contributed by atoms with Gasteiger partial charge in [0.25, 0.3) is 0 Å². The number of hydrogen-bond donors (Lipinski definition) is 2. The Kier molecular flexibility index (Phi) is 8.24. The smallest absolute Gasteiger partial charge is 0.391 e. The van der Waals surface area contributed by atoms with E-state index in [4.69, 9.17) is 5.73 Å². The minimum atomic E-state index is -4.43. The van der Waals surface area contributed by atoms with Crippen LogP contribution in [0.4, 0.5) is 13.2 Å². The highest BCUT2D eigenvalue weighted by Crippen LogP contribution is 2.33. The van der Waals surface area contributed by atoms with Crippen LogP contribution in [0.5, 0.6) is 0 Å². The Bertz CT molecular complexity index is 454. The Morgan fingerprint density at radius 1 is 1.19 bits per heavy atom. The number of benzene rings is 1. The molecule has 0 saturated carbocycles. The van der Waals surface area contributed by atoms with E-state index in [0.717, 1.165) is 18.6 Å². The van der Waals surface area contributed by atoms with Crippen molar-refractivity contribution in [2.45, 2.75) is 45.0 Å². The molecule has 0 aromatic heterocycles. The highest BCUT2D eigenvalue weighted by molar-refractivity contribution is 9.10. The first-order valence-electron chi connectivity index (χ1n) is 6.42. The molecular formula is C14H20BrClF3NO. The van der Waals surface area contributed by atoms with Crippen molar-refractivity contribution in [2.75, 3.05) is 0 Å². The van der Waals surface area contributed by atoms with Gasteiger partial charge in [-0.25, -0.2) is 0 Å². The fraction of sp³-hybridized carbons (Fsp3) is 0.571. The molecule has 7 heteroatoms. The molecule has 1 rings (SSSR count). The van der Waals surface area contributed by atoms with E-state index in [-0.39, 0.29) is 18.0 Å². The molecule has 0 saturated heterocycles. The molecule has 1 aromatic carbocycles. The van der Waals surface area contributed by atoms with Crippen molar-refractivity contribution in [3.8, 4) is 0 Å². The molecule has 0 unspecified atom stereocenters. The van der Waals surface area contributed by atoms with Gasteiger partial charge in [-0.2, -0.15) is 13.2 Å². The summed E-state index contributed by atoms with van der Waals surface area (Å²) >= 11 is 3.05. The number of aliphatic hydroxyl groups excluding tert-OH is 1. The highest BCUT2D eigenvalue weighted by atomic mass is 79.9. The van der Waals surface area contributed by atoms with Gasteiger partial charge in [0.1, 0.15) is 0 Å². The van der Waals surface area contributed by atoms with E-state index in [1.165, 1.54) is 6.07 Å². The number of alkyl halides is 3. The van der Waals surface area contributed by atoms with Crippen molar-refractivity contribution in [2.24, 2.45) is 11.7 Å². The molecular weight excluding hydrogens is 371 g/mol. The van der Waals surface area contributed by atoms with Crippen LogP contribution in [0.15, 0.2) is 22.7 Å². The van der Waals surface area contributed by atoms with E-state index < -0.39 is 23.9 Å². The molecule has 2 atom stereocenters. The first kappa shape index (κ1) is 20.7. The lowest BCUT2D eigenvalue weighted by atomic mass is 9.95. The Morgan fingerprint density at radius 3 is 2.24 bits per heavy atom. The Labute approximate surface area is 137 Å². The maximum absolute atomic E-state index is 12.7. The average Bonchev–Trinajstić information content (AvgIpc) is 2.33. The third-order valence-electron chi connectivity index (χ3n) is 3.09. The normalized spacial score (nSPS) is 14.7. The van der Waals surface area contributed by atoms with E-state index >= 15 is 0 Å². The monoisotopic (exact) mass is 389 g/mol. The van der Waals surface area contributed by atoms with Crippen LogP contribution >= 0.6 is 28.3 Å². The summed E-state index contributed by atoms with van der Waals surface area (Å²) < 4.78 is 38.5. The van der Waals surface area contributed by atoms with E-state index in [9.17, 15) is 18.3 Å². The van der Waals surface area contributed by atoms with Crippen molar-refractivity contribution >= 4 is 28.3 Å². The minimum absolute atomic E-state index is 0. The largest absolute Gasteiger partial charge is 0.416 e. The molecule has 21 heavy (non-hydrogen) atoms. The van der Waals surface area contributed by atoms with E-state index in [1.54, 1.807) is 0 Å². The molecule has 0 spiro atoms. The molecule has 0 aliphatic carbocycles. The number of aliphatic hydroxyl groups is 1. The first-order chi connectivity index (χ1) is 9.11. The highest BCUT2D eigenvalue weighted by Gasteiger charge is 2.32. The molecule has 1 aromatic rings. The summed E-state index contributed by atoms with van der Waals surface area (Å²) in [6.07, 6.45) is -4.05. The van der Waals surface area contributed by atoms with Gasteiger partial charge in [0, 0.05) is 4.47 Å². The number of hydrogen-bond acceptors (Lipinski definition) is 2. The van der Waals surface area contributed by atoms with Crippen molar-refractivity contribution in [3.05, 3.63) is 33.8 Å². The van der Waals surface area contributed by atoms with Gasteiger partial charge in [0.2, 0.25) is 0 Å². The summed E-state index contributed by atoms with van der Waals surface area (Å²) in [4.78, 5) is 0. The van der Waals surface area contributed by atoms with Gasteiger partial charge in [-0.1, -0.05) is 29.8 Å². The molecule has 122 valence electrons. The molecule has 0 aliphatic heterocycles. The van der Waals surface area contributed by atoms with Crippen LogP contribution in [0.2, 0.25) is 0 Å². The Balaban J connectivity index is 0.00000400. The lowest BCUT2D eigenvalue weighted by Crippen LogP contribution is -2.27. The quantitative estimate of drug-likeness (QED) is 0.766. The molecule has 3 N–H and O–H groups in total. The van der Waals surface area contributed by atoms with Gasteiger partial charge in [0.05, 0.1) is 17.7 Å². The number of rotatable bonds is 5. The summed E-state index contributed by atoms with van der Waals surface area (Å²) in [5.41, 5.74) is 5.38. The predicted molar refractivity (Wildman–Crippen MR) is 83.4 cm³/mol. The van der Waals surface area contributed by atoms with Crippen LogP contribution in [0.3, 0.4) is 0 Å². The Morgan fingerprint density at radius 2 is 1.76 bits per heavy atom. The fourth-order valence-corrected chi connectivity index (χ4v) is 2.39. The summed E-state index contributed by atoms with van der Waals surface area (Å²) in [6, 6.07) is 2.68. The standard InChI is InChI=1S/C14H19BrF3NO.ClH/c1-8(2)3-4-12(20)13(19)9-5-10(14(16,17)18)7-11(15)6-9;/h5-8,12-13,20H,3-4,19H2,1-2H3;1H/t12-,13+;/m0./s1. The lowest BCUT2D eigenvalue weighted by molar-refractivity contribution is -0.137. The molecule has 2 nitrogen and oxygen atoms in total. The van der Waals surface area contributed by atoms with Gasteiger partial charge in [-0.3, -0.25) is 0 Å². The van der Waals surface area contributed by atoms with Gasteiger partial charge < -0.3 is 10.8 Å². The van der Waals surface area contributed by atoms with Crippen molar-refractivity contribution in [1.82, 2.24) is 0 Å². The maximum atomic E-state index is 12.7. The van der Waals surface area contributed by atoms with E-state index in [2.05, 4.69) is 15.9 Å². The number of halogens is 5. The topological polar surface area (TPSA) is 46.2 Å². The second kappa shape index (κ2) is 8.36. The van der Waals surface area contributed by atoms with Gasteiger partial charge >= 0.3 is 6.18 Å². The predicted octanol–water partition coefficient (Wildman–Crippen LogP) is 4.69. The summed E-state index contributed by atoms with van der Waals surface area (Å²) in [5.74, 6) is 0.407. The van der Waals surface area contributed by atoms with Crippen LogP contribution < -0.4 is 5.73 Å². The van der Waals surface area contributed by atoms with Crippen LogP contribution in [-0.2, 0) is 6.18 Å². The summed E-state index contributed by atoms with van der Waals surface area (Å²) in [5, 5.41) is 9.98. The van der Waals surface area contributed by atoms with E-state index in [1.807, 2.05) is 13.8 Å². The Hall–Kier alpha value is -0.300. The average molecular weight is 391 g/mol. The second-order valence-corrected chi connectivity index (χ2v) is 6.25. The molecule has 0 amide bonds. The van der Waals surface area contributed by atoms with Crippen LogP contribution in [-0.4, -0.2) is 11.2 Å². The SMILES string of the molecule is CC(C)CC[C@H](O)[C@H](N)c1cc(Br)cc(C(F)(F)F)c1.Cl. The third kappa shape index (κ3) is 6.55. The van der Waals surface area contributed by atoms with Gasteiger partial charge in [-0.15, -0.1) is 12.4 Å². The van der Waals surface area contributed by atoms with E-state index in [0.29, 0.717) is 16.8 Å². The van der Waals surface area contributed by atoms with Gasteiger partial charge in [0.15, 0.2) is 0 Å². The molecule has 0 fully saturated rings. The maximum Gasteiger partial charge on any atom is 0.416 e. The van der Waals surface area contributed by atoms with Crippen LogP contribution in [0.1, 0.15) is 43.9 Å². The van der Waals surface area contributed by atoms with Crippen molar-refractivity contribution in [3.63, 3.8) is 0 Å². The zero-order valence-electron chi connectivity index (χ0n) is 11.8. The molecule has 0 radical (unpaired) electrons. The zero-order chi connectivity index (χ0) is 15.5. The van der Waals surface area contributed by atoms with Crippen molar-refractivity contribution < 1.29 is 18.3 Å². The third-order valence-corrected chi connectivity index (χ3v) is 3.54. The summed E-state index contributed by atoms with van der Waals surface area (Å²) in [6.45, 7) is 4.03. The lowest BCUT2D eigenvalue weighted by Gasteiger charge is -2.21. The van der Waals surface area contributed by atoms with Crippen LogP contribution in [0, 0.1) is 5.92 Å². The van der Waals surface area contributed by atoms with Crippen LogP contribution in [0.25, 0.3) is 0 Å². The first-order valence-corrected chi connectivity index (χ1v) is 7.22. The zero-order valence-corrected chi connectivity index (χ0v) is 14.2. The molecule has 0 aliphatic rings. The summed E-state index contributed by atoms with van der Waals surface area (Å²) in [7, 11) is 0. The molecule has 0 bridgehead atoms.